The highest BCUT2D eigenvalue weighted by molar-refractivity contribution is 7.99. The van der Waals surface area contributed by atoms with Crippen LogP contribution >= 0.6 is 11.8 Å². The van der Waals surface area contributed by atoms with Gasteiger partial charge in [0.15, 0.2) is 0 Å². The van der Waals surface area contributed by atoms with E-state index in [-0.39, 0.29) is 0 Å². The highest BCUT2D eigenvalue weighted by Crippen LogP contribution is 2.30. The van der Waals surface area contributed by atoms with E-state index < -0.39 is 0 Å². The average molecular weight is 204 g/mol. The lowest BCUT2D eigenvalue weighted by Gasteiger charge is -2.21. The lowest BCUT2D eigenvalue weighted by atomic mass is 9.97. The SMILES string of the molecule is N#Cc1cncc(C2CCCSC2)c1. The fourth-order valence-electron chi connectivity index (χ4n) is 1.75. The van der Waals surface area contributed by atoms with Crippen molar-refractivity contribution in [2.75, 3.05) is 11.5 Å². The van der Waals surface area contributed by atoms with E-state index in [1.165, 1.54) is 29.9 Å². The van der Waals surface area contributed by atoms with Crippen LogP contribution in [0.1, 0.15) is 29.9 Å². The second kappa shape index (κ2) is 4.47. The zero-order chi connectivity index (χ0) is 9.80. The van der Waals surface area contributed by atoms with Gasteiger partial charge in [0, 0.05) is 18.1 Å². The van der Waals surface area contributed by atoms with Crippen molar-refractivity contribution in [2.45, 2.75) is 18.8 Å². The van der Waals surface area contributed by atoms with Gasteiger partial charge >= 0.3 is 0 Å². The minimum atomic E-state index is 0.606. The number of thioether (sulfide) groups is 1. The molecule has 1 aromatic heterocycles. The maximum atomic E-state index is 8.77. The second-order valence-corrected chi connectivity index (χ2v) is 4.68. The van der Waals surface area contributed by atoms with Gasteiger partial charge in [-0.15, -0.1) is 0 Å². The fourth-order valence-corrected chi connectivity index (χ4v) is 2.93. The number of pyridine rings is 1. The highest BCUT2D eigenvalue weighted by Gasteiger charge is 2.16. The first kappa shape index (κ1) is 9.54. The molecule has 3 heteroatoms. The van der Waals surface area contributed by atoms with E-state index in [9.17, 15) is 0 Å². The van der Waals surface area contributed by atoms with E-state index in [0.29, 0.717) is 11.5 Å². The molecule has 72 valence electrons. The van der Waals surface area contributed by atoms with Crippen molar-refractivity contribution in [1.82, 2.24) is 4.98 Å². The van der Waals surface area contributed by atoms with E-state index in [2.05, 4.69) is 11.1 Å². The number of rotatable bonds is 1. The summed E-state index contributed by atoms with van der Waals surface area (Å²) in [6.07, 6.45) is 6.05. The number of nitriles is 1. The Hall–Kier alpha value is -1.01. The topological polar surface area (TPSA) is 36.7 Å². The van der Waals surface area contributed by atoms with Crippen molar-refractivity contribution in [3.8, 4) is 6.07 Å². The Morgan fingerprint density at radius 2 is 2.43 bits per heavy atom. The van der Waals surface area contributed by atoms with Gasteiger partial charge in [0.05, 0.1) is 5.56 Å². The third-order valence-corrected chi connectivity index (χ3v) is 3.74. The summed E-state index contributed by atoms with van der Waals surface area (Å²) in [6, 6.07) is 4.11. The summed E-state index contributed by atoms with van der Waals surface area (Å²) in [5, 5.41) is 8.77. The maximum absolute atomic E-state index is 8.77. The maximum Gasteiger partial charge on any atom is 0.101 e. The van der Waals surface area contributed by atoms with Gasteiger partial charge < -0.3 is 0 Å². The molecule has 0 radical (unpaired) electrons. The zero-order valence-electron chi connectivity index (χ0n) is 7.94. The van der Waals surface area contributed by atoms with Crippen LogP contribution in [0, 0.1) is 11.3 Å². The van der Waals surface area contributed by atoms with Crippen molar-refractivity contribution in [1.29, 1.82) is 5.26 Å². The van der Waals surface area contributed by atoms with Crippen LogP contribution < -0.4 is 0 Å². The van der Waals surface area contributed by atoms with Crippen LogP contribution in [-0.4, -0.2) is 16.5 Å². The molecule has 0 aliphatic carbocycles. The molecule has 1 aliphatic rings. The summed E-state index contributed by atoms with van der Waals surface area (Å²) in [7, 11) is 0. The van der Waals surface area contributed by atoms with E-state index in [1.54, 1.807) is 6.20 Å². The quantitative estimate of drug-likeness (QED) is 0.705. The average Bonchev–Trinajstić information content (AvgIpc) is 2.30. The largest absolute Gasteiger partial charge is 0.263 e. The Kier molecular flexibility index (Phi) is 3.05. The molecule has 2 heterocycles. The molecule has 0 spiro atoms. The normalized spacial score (nSPS) is 21.5. The molecule has 1 fully saturated rings. The minimum absolute atomic E-state index is 0.606. The summed E-state index contributed by atoms with van der Waals surface area (Å²) in [5.41, 5.74) is 1.91. The summed E-state index contributed by atoms with van der Waals surface area (Å²) in [4.78, 5) is 4.10. The van der Waals surface area contributed by atoms with Crippen LogP contribution in [-0.2, 0) is 0 Å². The molecule has 1 saturated heterocycles. The Morgan fingerprint density at radius 1 is 1.50 bits per heavy atom. The molecule has 0 amide bonds. The molecule has 2 rings (SSSR count). The first-order valence-electron chi connectivity index (χ1n) is 4.83. The summed E-state index contributed by atoms with van der Waals surface area (Å²) in [5.74, 6) is 3.06. The molecule has 1 aliphatic heterocycles. The van der Waals surface area contributed by atoms with Crippen molar-refractivity contribution in [3.05, 3.63) is 29.6 Å². The predicted molar refractivity (Wildman–Crippen MR) is 58.3 cm³/mol. The molecule has 0 N–H and O–H groups in total. The van der Waals surface area contributed by atoms with E-state index >= 15 is 0 Å². The Balaban J connectivity index is 2.18. The standard InChI is InChI=1S/C11H12N2S/c12-5-9-4-11(7-13-6-9)10-2-1-3-14-8-10/h4,6-7,10H,1-3,8H2. The third kappa shape index (κ3) is 2.08. The molecular weight excluding hydrogens is 192 g/mol. The summed E-state index contributed by atoms with van der Waals surface area (Å²) < 4.78 is 0. The number of aromatic nitrogens is 1. The first-order chi connectivity index (χ1) is 6.90. The Labute approximate surface area is 88.4 Å². The molecule has 1 atom stereocenters. The molecule has 1 aromatic rings. The molecule has 0 aromatic carbocycles. The minimum Gasteiger partial charge on any atom is -0.263 e. The van der Waals surface area contributed by atoms with Gasteiger partial charge in [-0.05, 0) is 36.1 Å². The highest BCUT2D eigenvalue weighted by atomic mass is 32.2. The smallest absolute Gasteiger partial charge is 0.101 e. The van der Waals surface area contributed by atoms with E-state index in [1.807, 2.05) is 24.0 Å². The molecule has 0 saturated carbocycles. The van der Waals surface area contributed by atoms with E-state index in [0.717, 1.165) is 0 Å². The van der Waals surface area contributed by atoms with Crippen LogP contribution in [0.5, 0.6) is 0 Å². The van der Waals surface area contributed by atoms with Crippen LogP contribution in [0.25, 0.3) is 0 Å². The van der Waals surface area contributed by atoms with Crippen LogP contribution in [0.2, 0.25) is 0 Å². The van der Waals surface area contributed by atoms with Gasteiger partial charge in [-0.1, -0.05) is 0 Å². The van der Waals surface area contributed by atoms with Gasteiger partial charge in [-0.2, -0.15) is 17.0 Å². The first-order valence-corrected chi connectivity index (χ1v) is 5.98. The monoisotopic (exact) mass is 204 g/mol. The Morgan fingerprint density at radius 3 is 3.14 bits per heavy atom. The van der Waals surface area contributed by atoms with Crippen LogP contribution in [0.3, 0.4) is 0 Å². The van der Waals surface area contributed by atoms with Gasteiger partial charge in [0.25, 0.3) is 0 Å². The number of hydrogen-bond acceptors (Lipinski definition) is 3. The molecule has 1 unspecified atom stereocenters. The van der Waals surface area contributed by atoms with Crippen LogP contribution in [0.15, 0.2) is 18.5 Å². The van der Waals surface area contributed by atoms with Gasteiger partial charge in [-0.3, -0.25) is 4.98 Å². The predicted octanol–water partition coefficient (Wildman–Crippen LogP) is 2.56. The van der Waals surface area contributed by atoms with Crippen molar-refractivity contribution in [3.63, 3.8) is 0 Å². The second-order valence-electron chi connectivity index (χ2n) is 3.53. The zero-order valence-corrected chi connectivity index (χ0v) is 8.76. The number of hydrogen-bond donors (Lipinski definition) is 0. The van der Waals surface area contributed by atoms with E-state index in [4.69, 9.17) is 5.26 Å². The van der Waals surface area contributed by atoms with Crippen molar-refractivity contribution in [2.24, 2.45) is 0 Å². The van der Waals surface area contributed by atoms with Gasteiger partial charge in [-0.25, -0.2) is 0 Å². The molecular formula is C11H12N2S. The van der Waals surface area contributed by atoms with Crippen molar-refractivity contribution >= 4 is 11.8 Å². The Bertz CT molecular complexity index is 351. The fraction of sp³-hybridized carbons (Fsp3) is 0.455. The molecule has 14 heavy (non-hydrogen) atoms. The lowest BCUT2D eigenvalue weighted by Crippen LogP contribution is -2.08. The lowest BCUT2D eigenvalue weighted by molar-refractivity contribution is 0.657. The van der Waals surface area contributed by atoms with Gasteiger partial charge in [0.1, 0.15) is 6.07 Å². The van der Waals surface area contributed by atoms with Crippen LogP contribution in [0.4, 0.5) is 0 Å². The van der Waals surface area contributed by atoms with Gasteiger partial charge in [0.2, 0.25) is 0 Å². The third-order valence-electron chi connectivity index (χ3n) is 2.52. The molecule has 0 bridgehead atoms. The molecule has 2 nitrogen and oxygen atoms in total. The summed E-state index contributed by atoms with van der Waals surface area (Å²) >= 11 is 2.00. The van der Waals surface area contributed by atoms with Crippen molar-refractivity contribution < 1.29 is 0 Å². The number of nitrogens with zero attached hydrogens (tertiary/aromatic N) is 2. The summed E-state index contributed by atoms with van der Waals surface area (Å²) in [6.45, 7) is 0.